The minimum Gasteiger partial charge on any atom is -0.361 e. The lowest BCUT2D eigenvalue weighted by atomic mass is 10.1. The molecule has 2 rings (SSSR count). The van der Waals surface area contributed by atoms with Crippen molar-refractivity contribution in [3.05, 3.63) is 51.6 Å². The first-order chi connectivity index (χ1) is 10.8. The maximum absolute atomic E-state index is 13.9. The van der Waals surface area contributed by atoms with Crippen molar-refractivity contribution in [3.8, 4) is 0 Å². The summed E-state index contributed by atoms with van der Waals surface area (Å²) in [6.07, 6.45) is 0. The Morgan fingerprint density at radius 1 is 1.48 bits per heavy atom. The number of carbonyl (C=O) groups is 1. The molecule has 0 saturated carbocycles. The molecule has 0 radical (unpaired) electrons. The van der Waals surface area contributed by atoms with Crippen molar-refractivity contribution < 1.29 is 13.7 Å². The van der Waals surface area contributed by atoms with Gasteiger partial charge < -0.3 is 14.7 Å². The van der Waals surface area contributed by atoms with Crippen LogP contribution < -0.4 is 5.32 Å². The molecule has 23 heavy (non-hydrogen) atoms. The van der Waals surface area contributed by atoms with E-state index in [1.165, 1.54) is 17.0 Å². The monoisotopic (exact) mass is 339 g/mol. The van der Waals surface area contributed by atoms with E-state index in [0.717, 1.165) is 11.3 Å². The van der Waals surface area contributed by atoms with E-state index in [1.54, 1.807) is 27.0 Å². The third-order valence-electron chi connectivity index (χ3n) is 3.70. The summed E-state index contributed by atoms with van der Waals surface area (Å²) < 4.78 is 19.0. The highest BCUT2D eigenvalue weighted by atomic mass is 35.5. The van der Waals surface area contributed by atoms with E-state index in [0.29, 0.717) is 12.3 Å². The van der Waals surface area contributed by atoms with E-state index in [9.17, 15) is 9.18 Å². The topological polar surface area (TPSA) is 58.4 Å². The lowest BCUT2D eigenvalue weighted by Gasteiger charge is -2.22. The van der Waals surface area contributed by atoms with Crippen molar-refractivity contribution in [2.45, 2.75) is 33.4 Å². The van der Waals surface area contributed by atoms with Crippen LogP contribution in [-0.2, 0) is 6.54 Å². The summed E-state index contributed by atoms with van der Waals surface area (Å²) >= 11 is 6.02. The van der Waals surface area contributed by atoms with Gasteiger partial charge >= 0.3 is 6.03 Å². The average Bonchev–Trinajstić information content (AvgIpc) is 2.78. The number of aromatic nitrogens is 1. The van der Waals surface area contributed by atoms with Gasteiger partial charge in [0.1, 0.15) is 11.6 Å². The maximum atomic E-state index is 13.9. The summed E-state index contributed by atoms with van der Waals surface area (Å²) in [5.41, 5.74) is 1.87. The first-order valence-corrected chi connectivity index (χ1v) is 7.56. The Hall–Kier alpha value is -2.08. The minimum absolute atomic E-state index is 0.272. The molecule has 0 unspecified atom stereocenters. The van der Waals surface area contributed by atoms with Gasteiger partial charge in [-0.25, -0.2) is 9.18 Å². The molecule has 7 heteroatoms. The average molecular weight is 340 g/mol. The molecule has 124 valence electrons. The number of urea groups is 1. The van der Waals surface area contributed by atoms with Crippen LogP contribution in [0, 0.1) is 19.7 Å². The number of amides is 2. The number of rotatable bonds is 4. The van der Waals surface area contributed by atoms with Crippen LogP contribution >= 0.6 is 11.6 Å². The van der Waals surface area contributed by atoms with Crippen molar-refractivity contribution >= 4 is 17.6 Å². The Balaban J connectivity index is 2.06. The van der Waals surface area contributed by atoms with Gasteiger partial charge in [0.15, 0.2) is 0 Å². The number of hydrogen-bond donors (Lipinski definition) is 1. The Morgan fingerprint density at radius 2 is 2.17 bits per heavy atom. The van der Waals surface area contributed by atoms with Crippen molar-refractivity contribution in [1.82, 2.24) is 15.4 Å². The van der Waals surface area contributed by atoms with Crippen molar-refractivity contribution in [1.29, 1.82) is 0 Å². The van der Waals surface area contributed by atoms with Crippen LogP contribution in [0.1, 0.15) is 35.5 Å². The number of carbonyl (C=O) groups excluding carboxylic acids is 1. The molecule has 2 amide bonds. The highest BCUT2D eigenvalue weighted by molar-refractivity contribution is 6.31. The maximum Gasteiger partial charge on any atom is 0.317 e. The summed E-state index contributed by atoms with van der Waals surface area (Å²) in [4.78, 5) is 13.8. The molecular formula is C16H19ClFN3O2. The molecule has 1 heterocycles. The molecule has 1 atom stereocenters. The van der Waals surface area contributed by atoms with Crippen LogP contribution in [0.4, 0.5) is 9.18 Å². The Morgan fingerprint density at radius 3 is 2.74 bits per heavy atom. The second kappa shape index (κ2) is 7.00. The van der Waals surface area contributed by atoms with Crippen LogP contribution in [0.5, 0.6) is 0 Å². The summed E-state index contributed by atoms with van der Waals surface area (Å²) in [6.45, 7) is 5.65. The molecule has 0 spiro atoms. The van der Waals surface area contributed by atoms with Crippen LogP contribution in [0.15, 0.2) is 22.7 Å². The van der Waals surface area contributed by atoms with Gasteiger partial charge in [-0.1, -0.05) is 22.8 Å². The second-order valence-electron chi connectivity index (χ2n) is 5.47. The van der Waals surface area contributed by atoms with Crippen LogP contribution in [0.3, 0.4) is 0 Å². The molecule has 1 aromatic carbocycles. The van der Waals surface area contributed by atoms with E-state index < -0.39 is 11.9 Å². The number of benzene rings is 1. The van der Waals surface area contributed by atoms with E-state index in [2.05, 4.69) is 10.5 Å². The fourth-order valence-corrected chi connectivity index (χ4v) is 2.66. The molecule has 0 saturated heterocycles. The van der Waals surface area contributed by atoms with Crippen LogP contribution in [0.2, 0.25) is 5.02 Å². The molecule has 0 fully saturated rings. The molecule has 5 nitrogen and oxygen atoms in total. The highest BCUT2D eigenvalue weighted by Crippen LogP contribution is 2.25. The predicted molar refractivity (Wildman–Crippen MR) is 85.8 cm³/mol. The number of aryl methyl sites for hydroxylation is 2. The standard InChI is InChI=1S/C16H19ClFN3O2/c1-9-12(11(3)23-20-9)8-21(4)16(22)19-10(2)15-13(17)6-5-7-14(15)18/h5-7,10H,8H2,1-4H3,(H,19,22)/t10-/m1/s1. The third kappa shape index (κ3) is 3.82. The van der Waals surface area contributed by atoms with Crippen molar-refractivity contribution in [2.75, 3.05) is 7.05 Å². The number of nitrogens with one attached hydrogen (secondary N) is 1. The highest BCUT2D eigenvalue weighted by Gasteiger charge is 2.20. The van der Waals surface area contributed by atoms with Gasteiger partial charge in [0.25, 0.3) is 0 Å². The molecule has 1 aromatic heterocycles. The summed E-state index contributed by atoms with van der Waals surface area (Å²) in [5.74, 6) is 0.228. The fourth-order valence-electron chi connectivity index (χ4n) is 2.33. The second-order valence-corrected chi connectivity index (χ2v) is 5.87. The van der Waals surface area contributed by atoms with Gasteiger partial charge in [0, 0.05) is 23.2 Å². The third-order valence-corrected chi connectivity index (χ3v) is 4.03. The normalized spacial score (nSPS) is 12.1. The quantitative estimate of drug-likeness (QED) is 0.916. The van der Waals surface area contributed by atoms with E-state index in [1.807, 2.05) is 6.92 Å². The summed E-state index contributed by atoms with van der Waals surface area (Å²) in [6, 6.07) is 3.55. The smallest absolute Gasteiger partial charge is 0.317 e. The van der Waals surface area contributed by atoms with Gasteiger partial charge in [0.2, 0.25) is 0 Å². The zero-order valence-corrected chi connectivity index (χ0v) is 14.2. The molecule has 0 aliphatic rings. The van der Waals surface area contributed by atoms with Crippen LogP contribution in [0.25, 0.3) is 0 Å². The lowest BCUT2D eigenvalue weighted by molar-refractivity contribution is 0.203. The Labute approximate surface area is 139 Å². The largest absolute Gasteiger partial charge is 0.361 e. The molecular weight excluding hydrogens is 321 g/mol. The van der Waals surface area contributed by atoms with Crippen LogP contribution in [-0.4, -0.2) is 23.1 Å². The molecule has 0 aliphatic heterocycles. The first kappa shape index (κ1) is 17.3. The van der Waals surface area contributed by atoms with E-state index >= 15 is 0 Å². The first-order valence-electron chi connectivity index (χ1n) is 7.18. The minimum atomic E-state index is -0.552. The molecule has 0 bridgehead atoms. The Bertz CT molecular complexity index is 678. The van der Waals surface area contributed by atoms with E-state index in [-0.39, 0.29) is 16.6 Å². The van der Waals surface area contributed by atoms with Gasteiger partial charge in [0.05, 0.1) is 18.3 Å². The number of halogens is 2. The van der Waals surface area contributed by atoms with Gasteiger partial charge in [-0.15, -0.1) is 0 Å². The summed E-state index contributed by atoms with van der Waals surface area (Å²) in [7, 11) is 1.65. The van der Waals surface area contributed by atoms with Crippen molar-refractivity contribution in [3.63, 3.8) is 0 Å². The zero-order valence-electron chi connectivity index (χ0n) is 13.5. The number of nitrogens with zero attached hydrogens (tertiary/aromatic N) is 2. The molecule has 0 aliphatic carbocycles. The fraction of sp³-hybridized carbons (Fsp3) is 0.375. The predicted octanol–water partition coefficient (Wildman–Crippen LogP) is 3.99. The molecule has 1 N–H and O–H groups in total. The van der Waals surface area contributed by atoms with Gasteiger partial charge in [-0.05, 0) is 32.9 Å². The zero-order chi connectivity index (χ0) is 17.1. The van der Waals surface area contributed by atoms with Gasteiger partial charge in [-0.2, -0.15) is 0 Å². The van der Waals surface area contributed by atoms with Crippen molar-refractivity contribution in [2.24, 2.45) is 0 Å². The Kier molecular flexibility index (Phi) is 5.26. The number of hydrogen-bond acceptors (Lipinski definition) is 3. The lowest BCUT2D eigenvalue weighted by Crippen LogP contribution is -2.38. The SMILES string of the molecule is Cc1noc(C)c1CN(C)C(=O)N[C@H](C)c1c(F)cccc1Cl. The van der Waals surface area contributed by atoms with Gasteiger partial charge in [-0.3, -0.25) is 0 Å². The molecule has 2 aromatic rings. The van der Waals surface area contributed by atoms with E-state index in [4.69, 9.17) is 16.1 Å². The summed E-state index contributed by atoms with van der Waals surface area (Å²) in [5, 5.41) is 6.88.